The predicted octanol–water partition coefficient (Wildman–Crippen LogP) is 5.50. The molecule has 10 atom stereocenters. The highest BCUT2D eigenvalue weighted by atomic mass is 16.5. The van der Waals surface area contributed by atoms with E-state index in [1.54, 1.807) is 4.90 Å². The average molecular weight is 515 g/mol. The lowest BCUT2D eigenvalue weighted by atomic mass is 9.45. The molecular formula is C31H50N2O4. The molecule has 208 valence electrons. The van der Waals surface area contributed by atoms with Gasteiger partial charge in [-0.2, -0.15) is 0 Å². The van der Waals surface area contributed by atoms with Crippen LogP contribution >= 0.6 is 0 Å². The topological polar surface area (TPSA) is 67.9 Å². The van der Waals surface area contributed by atoms with Crippen LogP contribution in [0, 0.1) is 57.7 Å². The predicted molar refractivity (Wildman–Crippen MR) is 143 cm³/mol. The third kappa shape index (κ3) is 3.66. The van der Waals surface area contributed by atoms with Crippen molar-refractivity contribution in [3.8, 4) is 0 Å². The van der Waals surface area contributed by atoms with Gasteiger partial charge in [-0.3, -0.25) is 4.79 Å². The molecule has 1 heterocycles. The van der Waals surface area contributed by atoms with Crippen LogP contribution in [0.5, 0.6) is 0 Å². The smallest absolute Gasteiger partial charge is 0.409 e. The largest absolute Gasteiger partial charge is 0.453 e. The molecule has 2 amide bonds. The second kappa shape index (κ2) is 9.13. The van der Waals surface area contributed by atoms with Gasteiger partial charge in [0, 0.05) is 38.1 Å². The van der Waals surface area contributed by atoms with Crippen molar-refractivity contribution in [1.82, 2.24) is 10.2 Å². The van der Waals surface area contributed by atoms with Crippen LogP contribution in [0.25, 0.3) is 0 Å². The lowest BCUT2D eigenvalue weighted by molar-refractivity contribution is -0.161. The average Bonchev–Trinajstić information content (AvgIpc) is 3.42. The van der Waals surface area contributed by atoms with Crippen LogP contribution in [0.2, 0.25) is 0 Å². The number of hydrogen-bond donors (Lipinski definition) is 1. The summed E-state index contributed by atoms with van der Waals surface area (Å²) in [6.07, 6.45) is 12.6. The minimum atomic E-state index is -0.282. The van der Waals surface area contributed by atoms with Crippen molar-refractivity contribution in [2.24, 2.45) is 57.7 Å². The van der Waals surface area contributed by atoms with Gasteiger partial charge < -0.3 is 19.7 Å². The van der Waals surface area contributed by atoms with Gasteiger partial charge in [-0.25, -0.2) is 4.79 Å². The quantitative estimate of drug-likeness (QED) is 0.526. The maximum Gasteiger partial charge on any atom is 0.409 e. The second-order valence-electron chi connectivity index (χ2n) is 14.4. The fourth-order valence-electron chi connectivity index (χ4n) is 11.6. The Morgan fingerprint density at radius 2 is 1.76 bits per heavy atom. The van der Waals surface area contributed by atoms with Crippen LogP contribution in [0.4, 0.5) is 4.79 Å². The Hall–Kier alpha value is -1.30. The molecule has 0 aromatic heterocycles. The third-order valence-corrected chi connectivity index (χ3v) is 13.5. The molecule has 1 N–H and O–H groups in total. The summed E-state index contributed by atoms with van der Waals surface area (Å²) in [5.74, 6) is 4.80. The van der Waals surface area contributed by atoms with E-state index in [9.17, 15) is 9.59 Å². The molecule has 37 heavy (non-hydrogen) atoms. The molecule has 0 aromatic carbocycles. The minimum absolute atomic E-state index is 0.00870. The molecule has 6 aliphatic rings. The highest BCUT2D eigenvalue weighted by Gasteiger charge is 2.77. The van der Waals surface area contributed by atoms with Crippen molar-refractivity contribution in [1.29, 1.82) is 0 Å². The van der Waals surface area contributed by atoms with Crippen molar-refractivity contribution >= 4 is 12.0 Å². The molecule has 6 fully saturated rings. The molecule has 5 aliphatic carbocycles. The Morgan fingerprint density at radius 1 is 1.00 bits per heavy atom. The molecule has 1 aliphatic heterocycles. The number of likely N-dealkylation sites (tertiary alicyclic amines) is 1. The maximum atomic E-state index is 13.0. The van der Waals surface area contributed by atoms with E-state index in [-0.39, 0.29) is 17.9 Å². The number of amides is 2. The number of nitrogens with zero attached hydrogens (tertiary/aromatic N) is 1. The van der Waals surface area contributed by atoms with Crippen molar-refractivity contribution in [3.05, 3.63) is 0 Å². The SMILES string of the molecule is COC(=O)N1CCC(C(=O)NCC(C)[C@H]2CC[C@H]3[C@@H]4CC(OC)[C@@]56C[C@H]5CC[C@]6(C)[C@H]4CC[C@]23C)CC1. The first-order valence-electron chi connectivity index (χ1n) is 15.3. The van der Waals surface area contributed by atoms with E-state index in [1.807, 2.05) is 7.11 Å². The number of hydrogen-bond acceptors (Lipinski definition) is 4. The van der Waals surface area contributed by atoms with E-state index < -0.39 is 0 Å². The number of fused-ring (bicyclic) bond motifs is 4. The first-order valence-corrected chi connectivity index (χ1v) is 15.3. The fourth-order valence-corrected chi connectivity index (χ4v) is 11.6. The molecular weight excluding hydrogens is 464 g/mol. The highest BCUT2D eigenvalue weighted by Crippen LogP contribution is 2.82. The lowest BCUT2D eigenvalue weighted by Crippen LogP contribution is -2.57. The van der Waals surface area contributed by atoms with Gasteiger partial charge in [-0.15, -0.1) is 0 Å². The lowest BCUT2D eigenvalue weighted by Gasteiger charge is -2.61. The zero-order chi connectivity index (χ0) is 26.2. The monoisotopic (exact) mass is 514 g/mol. The Kier molecular flexibility index (Phi) is 6.40. The molecule has 6 nitrogen and oxygen atoms in total. The summed E-state index contributed by atoms with van der Waals surface area (Å²) in [6, 6.07) is 0. The fraction of sp³-hybridized carbons (Fsp3) is 0.935. The third-order valence-electron chi connectivity index (χ3n) is 13.5. The summed E-state index contributed by atoms with van der Waals surface area (Å²) in [5.41, 5.74) is 1.38. The summed E-state index contributed by atoms with van der Waals surface area (Å²) in [5, 5.41) is 3.33. The van der Waals surface area contributed by atoms with E-state index in [2.05, 4.69) is 26.1 Å². The zero-order valence-electron chi connectivity index (χ0n) is 23.9. The first-order chi connectivity index (χ1) is 17.7. The molecule has 0 aromatic rings. The van der Waals surface area contributed by atoms with Gasteiger partial charge in [0.2, 0.25) is 5.91 Å². The Balaban J connectivity index is 1.08. The normalized spacial score (nSPS) is 47.3. The van der Waals surface area contributed by atoms with Crippen LogP contribution in [0.3, 0.4) is 0 Å². The summed E-state index contributed by atoms with van der Waals surface area (Å²) in [4.78, 5) is 26.5. The van der Waals surface area contributed by atoms with Gasteiger partial charge >= 0.3 is 6.09 Å². The number of nitrogens with one attached hydrogen (secondary N) is 1. The Labute approximate surface area is 224 Å². The van der Waals surface area contributed by atoms with Gasteiger partial charge in [0.1, 0.15) is 0 Å². The van der Waals surface area contributed by atoms with Gasteiger partial charge in [-0.05, 0) is 111 Å². The van der Waals surface area contributed by atoms with Gasteiger partial charge in [0.15, 0.2) is 0 Å². The number of carbonyl (C=O) groups excluding carboxylic acids is 2. The maximum absolute atomic E-state index is 13.0. The van der Waals surface area contributed by atoms with Gasteiger partial charge in [0.25, 0.3) is 0 Å². The molecule has 0 bridgehead atoms. The van der Waals surface area contributed by atoms with Crippen molar-refractivity contribution in [2.45, 2.75) is 91.1 Å². The number of methoxy groups -OCH3 is 2. The molecule has 1 saturated heterocycles. The summed E-state index contributed by atoms with van der Waals surface area (Å²) < 4.78 is 11.1. The van der Waals surface area contributed by atoms with E-state index in [0.29, 0.717) is 47.3 Å². The summed E-state index contributed by atoms with van der Waals surface area (Å²) >= 11 is 0. The Bertz CT molecular complexity index is 917. The summed E-state index contributed by atoms with van der Waals surface area (Å²) in [7, 11) is 3.40. The highest BCUT2D eigenvalue weighted by molar-refractivity contribution is 5.79. The molecule has 0 radical (unpaired) electrons. The van der Waals surface area contributed by atoms with E-state index >= 15 is 0 Å². The first kappa shape index (κ1) is 26.0. The molecule has 2 unspecified atom stereocenters. The van der Waals surface area contributed by atoms with E-state index in [4.69, 9.17) is 9.47 Å². The molecule has 6 heteroatoms. The van der Waals surface area contributed by atoms with Crippen LogP contribution in [0.15, 0.2) is 0 Å². The van der Waals surface area contributed by atoms with Gasteiger partial charge in [0.05, 0.1) is 13.2 Å². The van der Waals surface area contributed by atoms with Crippen LogP contribution in [-0.4, -0.2) is 56.9 Å². The number of rotatable bonds is 5. The zero-order valence-corrected chi connectivity index (χ0v) is 23.9. The minimum Gasteiger partial charge on any atom is -0.453 e. The number of ether oxygens (including phenoxy) is 2. The van der Waals surface area contributed by atoms with E-state index in [0.717, 1.165) is 43.1 Å². The summed E-state index contributed by atoms with van der Waals surface area (Å²) in [6.45, 7) is 9.64. The molecule has 5 saturated carbocycles. The number of carbonyl (C=O) groups is 2. The number of piperidine rings is 1. The van der Waals surface area contributed by atoms with E-state index in [1.165, 1.54) is 58.5 Å². The van der Waals surface area contributed by atoms with Crippen LogP contribution < -0.4 is 5.32 Å². The van der Waals surface area contributed by atoms with Gasteiger partial charge in [-0.1, -0.05) is 20.8 Å². The second-order valence-corrected chi connectivity index (χ2v) is 14.4. The Morgan fingerprint density at radius 3 is 2.43 bits per heavy atom. The van der Waals surface area contributed by atoms with Crippen molar-refractivity contribution in [2.75, 3.05) is 33.9 Å². The van der Waals surface area contributed by atoms with Crippen molar-refractivity contribution in [3.63, 3.8) is 0 Å². The van der Waals surface area contributed by atoms with Crippen LogP contribution in [0.1, 0.15) is 85.0 Å². The van der Waals surface area contributed by atoms with Crippen LogP contribution in [-0.2, 0) is 14.3 Å². The standard InChI is InChI=1S/C31H50N2O4/c1-19(18-32-27(34)20-10-14-33(15-11-20)28(35)37-5)23-6-7-24-22-16-26(36-4)31-17-21(31)8-13-30(31,3)25(22)9-12-29(23,24)2/h19-26H,6-18H2,1-5H3,(H,32,34)/t19?,21-,22+,23-,24+,25+,26?,29-,30-,31-/m1/s1. The van der Waals surface area contributed by atoms with Crippen molar-refractivity contribution < 1.29 is 19.1 Å². The molecule has 1 spiro atoms. The molecule has 6 rings (SSSR count).